The summed E-state index contributed by atoms with van der Waals surface area (Å²) in [6.07, 6.45) is 4.63. The number of aromatic nitrogens is 2. The molecule has 1 fully saturated rings. The van der Waals surface area contributed by atoms with Gasteiger partial charge in [-0.05, 0) is 31.4 Å². The molecule has 1 aliphatic rings. The number of rotatable bonds is 5. The maximum atomic E-state index is 12.7. The van der Waals surface area contributed by atoms with Crippen LogP contribution >= 0.6 is 0 Å². The molecule has 2 aromatic heterocycles. The minimum Gasteiger partial charge on any atom is -0.356 e. The summed E-state index contributed by atoms with van der Waals surface area (Å²) in [5, 5.41) is 4.05. The molecule has 6 heteroatoms. The van der Waals surface area contributed by atoms with Crippen molar-refractivity contribution in [2.24, 2.45) is 0 Å². The van der Waals surface area contributed by atoms with Gasteiger partial charge in [-0.25, -0.2) is 4.98 Å². The first-order valence-electron chi connectivity index (χ1n) is 9.00. The van der Waals surface area contributed by atoms with Crippen molar-refractivity contribution in [1.29, 1.82) is 0 Å². The predicted octanol–water partition coefficient (Wildman–Crippen LogP) is 3.32. The summed E-state index contributed by atoms with van der Waals surface area (Å²) < 4.78 is 5.29. The zero-order valence-corrected chi connectivity index (χ0v) is 15.2. The first-order valence-corrected chi connectivity index (χ1v) is 9.00. The second kappa shape index (κ2) is 7.68. The molecule has 1 amide bonds. The van der Waals surface area contributed by atoms with Crippen molar-refractivity contribution in [2.45, 2.75) is 45.1 Å². The summed E-state index contributed by atoms with van der Waals surface area (Å²) in [6.45, 7) is 5.98. The van der Waals surface area contributed by atoms with Crippen LogP contribution in [0.2, 0.25) is 0 Å². The minimum atomic E-state index is -0.0849. The molecular weight excluding hydrogens is 316 g/mol. The van der Waals surface area contributed by atoms with E-state index in [-0.39, 0.29) is 11.9 Å². The van der Waals surface area contributed by atoms with Crippen LogP contribution in [0.25, 0.3) is 0 Å². The number of hydrogen-bond acceptors (Lipinski definition) is 5. The molecule has 1 atom stereocenters. The van der Waals surface area contributed by atoms with Crippen LogP contribution in [0.1, 0.15) is 55.3 Å². The van der Waals surface area contributed by atoms with Crippen LogP contribution in [-0.2, 0) is 0 Å². The van der Waals surface area contributed by atoms with Crippen molar-refractivity contribution in [2.75, 3.05) is 25.0 Å². The standard InChI is InChI=1S/C19H26N4O2/c1-4-14(2)16-13-17(25-21-16)19(24)22(3)15-8-11-23(12-9-15)18-7-5-6-10-20-18/h5-7,10,13-15H,4,8-9,11-12H2,1-3H3. The van der Waals surface area contributed by atoms with Gasteiger partial charge >= 0.3 is 0 Å². The molecule has 3 rings (SSSR count). The molecule has 134 valence electrons. The van der Waals surface area contributed by atoms with E-state index in [1.54, 1.807) is 11.0 Å². The highest BCUT2D eigenvalue weighted by Gasteiger charge is 2.28. The van der Waals surface area contributed by atoms with E-state index >= 15 is 0 Å². The molecular formula is C19H26N4O2. The highest BCUT2D eigenvalue weighted by Crippen LogP contribution is 2.23. The molecule has 0 bridgehead atoms. The molecule has 0 aromatic carbocycles. The summed E-state index contributed by atoms with van der Waals surface area (Å²) in [4.78, 5) is 21.2. The van der Waals surface area contributed by atoms with Crippen molar-refractivity contribution in [3.05, 3.63) is 41.9 Å². The summed E-state index contributed by atoms with van der Waals surface area (Å²) in [7, 11) is 1.86. The molecule has 3 heterocycles. The average molecular weight is 342 g/mol. The topological polar surface area (TPSA) is 62.5 Å². The molecule has 0 spiro atoms. The van der Waals surface area contributed by atoms with E-state index in [4.69, 9.17) is 4.52 Å². The fourth-order valence-corrected chi connectivity index (χ4v) is 3.19. The van der Waals surface area contributed by atoms with Crippen LogP contribution in [0.3, 0.4) is 0 Å². The Bertz CT molecular complexity index is 692. The average Bonchev–Trinajstić information content (AvgIpc) is 3.17. The van der Waals surface area contributed by atoms with Crippen molar-refractivity contribution in [3.8, 4) is 0 Å². The Hall–Kier alpha value is -2.37. The lowest BCUT2D eigenvalue weighted by molar-refractivity contribution is 0.0667. The molecule has 0 N–H and O–H groups in total. The summed E-state index contributed by atoms with van der Waals surface area (Å²) >= 11 is 0. The van der Waals surface area contributed by atoms with E-state index < -0.39 is 0 Å². The molecule has 2 aromatic rings. The number of amides is 1. The molecule has 1 unspecified atom stereocenters. The number of piperidine rings is 1. The Morgan fingerprint density at radius 1 is 1.40 bits per heavy atom. The highest BCUT2D eigenvalue weighted by atomic mass is 16.5. The predicted molar refractivity (Wildman–Crippen MR) is 96.8 cm³/mol. The Labute approximate surface area is 148 Å². The van der Waals surface area contributed by atoms with Gasteiger partial charge in [-0.15, -0.1) is 0 Å². The zero-order chi connectivity index (χ0) is 17.8. The van der Waals surface area contributed by atoms with Gasteiger partial charge in [0, 0.05) is 44.4 Å². The Kier molecular flexibility index (Phi) is 5.36. The quantitative estimate of drug-likeness (QED) is 0.834. The van der Waals surface area contributed by atoms with Crippen LogP contribution in [0.15, 0.2) is 35.0 Å². The largest absolute Gasteiger partial charge is 0.356 e. The number of pyridine rings is 1. The smallest absolute Gasteiger partial charge is 0.292 e. The van der Waals surface area contributed by atoms with Crippen molar-refractivity contribution in [1.82, 2.24) is 15.0 Å². The Balaban J connectivity index is 1.59. The molecule has 0 radical (unpaired) electrons. The number of carbonyl (C=O) groups excluding carboxylic acids is 1. The first-order chi connectivity index (χ1) is 12.1. The molecule has 6 nitrogen and oxygen atoms in total. The van der Waals surface area contributed by atoms with Gasteiger partial charge in [0.05, 0.1) is 5.69 Å². The normalized spacial score (nSPS) is 16.7. The lowest BCUT2D eigenvalue weighted by Crippen LogP contribution is -2.45. The third-order valence-electron chi connectivity index (χ3n) is 5.16. The van der Waals surface area contributed by atoms with Crippen LogP contribution in [-0.4, -0.2) is 47.1 Å². The van der Waals surface area contributed by atoms with E-state index in [1.807, 2.05) is 31.4 Å². The summed E-state index contributed by atoms with van der Waals surface area (Å²) in [5.41, 5.74) is 0.851. The van der Waals surface area contributed by atoms with Crippen LogP contribution < -0.4 is 4.90 Å². The van der Waals surface area contributed by atoms with E-state index in [2.05, 4.69) is 28.9 Å². The van der Waals surface area contributed by atoms with E-state index in [0.29, 0.717) is 11.7 Å². The number of anilines is 1. The van der Waals surface area contributed by atoms with Crippen LogP contribution in [0, 0.1) is 0 Å². The van der Waals surface area contributed by atoms with Gasteiger partial charge in [0.15, 0.2) is 0 Å². The van der Waals surface area contributed by atoms with Gasteiger partial charge in [-0.2, -0.15) is 0 Å². The first kappa shape index (κ1) is 17.5. The van der Waals surface area contributed by atoms with E-state index in [1.165, 1.54) is 0 Å². The van der Waals surface area contributed by atoms with Crippen LogP contribution in [0.5, 0.6) is 0 Å². The zero-order valence-electron chi connectivity index (χ0n) is 15.2. The van der Waals surface area contributed by atoms with E-state index in [0.717, 1.165) is 43.9 Å². The van der Waals surface area contributed by atoms with Crippen molar-refractivity contribution < 1.29 is 9.32 Å². The second-order valence-corrected chi connectivity index (χ2v) is 6.75. The number of carbonyl (C=O) groups is 1. The van der Waals surface area contributed by atoms with Gasteiger partial charge in [0.25, 0.3) is 5.91 Å². The third kappa shape index (κ3) is 3.83. The van der Waals surface area contributed by atoms with Crippen molar-refractivity contribution >= 4 is 11.7 Å². The van der Waals surface area contributed by atoms with E-state index in [9.17, 15) is 4.79 Å². The highest BCUT2D eigenvalue weighted by molar-refractivity contribution is 5.91. The summed E-state index contributed by atoms with van der Waals surface area (Å²) in [5.74, 6) is 1.56. The van der Waals surface area contributed by atoms with Gasteiger partial charge in [0.1, 0.15) is 5.82 Å². The fraction of sp³-hybridized carbons (Fsp3) is 0.526. The molecule has 0 saturated carbocycles. The fourth-order valence-electron chi connectivity index (χ4n) is 3.19. The SMILES string of the molecule is CCC(C)c1cc(C(=O)N(C)C2CCN(c3ccccn3)CC2)on1. The van der Waals surface area contributed by atoms with Gasteiger partial charge in [-0.1, -0.05) is 25.1 Å². The van der Waals surface area contributed by atoms with Gasteiger partial charge in [0.2, 0.25) is 5.76 Å². The lowest BCUT2D eigenvalue weighted by Gasteiger charge is -2.36. The van der Waals surface area contributed by atoms with Gasteiger partial charge < -0.3 is 14.3 Å². The summed E-state index contributed by atoms with van der Waals surface area (Å²) in [6, 6.07) is 7.96. The lowest BCUT2D eigenvalue weighted by atomic mass is 10.0. The van der Waals surface area contributed by atoms with Gasteiger partial charge in [-0.3, -0.25) is 4.79 Å². The number of hydrogen-bond donors (Lipinski definition) is 0. The Morgan fingerprint density at radius 3 is 2.80 bits per heavy atom. The third-order valence-corrected chi connectivity index (χ3v) is 5.16. The van der Waals surface area contributed by atoms with Crippen molar-refractivity contribution in [3.63, 3.8) is 0 Å². The molecule has 1 aliphatic heterocycles. The monoisotopic (exact) mass is 342 g/mol. The molecule has 25 heavy (non-hydrogen) atoms. The minimum absolute atomic E-state index is 0.0849. The number of nitrogens with zero attached hydrogens (tertiary/aromatic N) is 4. The second-order valence-electron chi connectivity index (χ2n) is 6.75. The van der Waals surface area contributed by atoms with Crippen LogP contribution in [0.4, 0.5) is 5.82 Å². The molecule has 0 aliphatic carbocycles. The maximum Gasteiger partial charge on any atom is 0.292 e. The molecule has 1 saturated heterocycles. The Morgan fingerprint density at radius 2 is 2.16 bits per heavy atom. The maximum absolute atomic E-state index is 12.7.